The number of hydrogen-bond donors (Lipinski definition) is 2. The highest BCUT2D eigenvalue weighted by Gasteiger charge is 2.30. The Balaban J connectivity index is 1.81. The van der Waals surface area contributed by atoms with Crippen LogP contribution in [0.1, 0.15) is 23.6 Å². The van der Waals surface area contributed by atoms with Gasteiger partial charge in [0, 0.05) is 5.02 Å². The summed E-state index contributed by atoms with van der Waals surface area (Å²) in [6.45, 7) is 5.53. The molecule has 32 heavy (non-hydrogen) atoms. The number of carbonyl (C=O) groups is 1. The molecular weight excluding hydrogens is 432 g/mol. The zero-order valence-electron chi connectivity index (χ0n) is 17.5. The van der Waals surface area contributed by atoms with Crippen LogP contribution in [0.15, 0.2) is 62.7 Å². The van der Waals surface area contributed by atoms with Crippen molar-refractivity contribution in [2.24, 2.45) is 5.10 Å². The molecule has 1 aromatic heterocycles. The molecule has 0 unspecified atom stereocenters. The maximum absolute atomic E-state index is 13.1. The molecule has 8 nitrogen and oxygen atoms in total. The normalized spacial score (nSPS) is 14.9. The van der Waals surface area contributed by atoms with Gasteiger partial charge in [0.15, 0.2) is 0 Å². The number of nitrogens with one attached hydrogen (secondary N) is 1. The van der Waals surface area contributed by atoms with Crippen LogP contribution in [0.5, 0.6) is 5.88 Å². The van der Waals surface area contributed by atoms with E-state index in [1.807, 2.05) is 26.0 Å². The largest absolute Gasteiger partial charge is 0.494 e. The van der Waals surface area contributed by atoms with Gasteiger partial charge in [-0.1, -0.05) is 17.7 Å². The van der Waals surface area contributed by atoms with Crippen molar-refractivity contribution < 1.29 is 9.90 Å². The summed E-state index contributed by atoms with van der Waals surface area (Å²) in [4.78, 5) is 40.1. The number of hydrazone groups is 1. The molecule has 2 heterocycles. The zero-order chi connectivity index (χ0) is 23.2. The Kier molecular flexibility index (Phi) is 5.31. The van der Waals surface area contributed by atoms with Gasteiger partial charge in [0.25, 0.3) is 11.5 Å². The summed E-state index contributed by atoms with van der Waals surface area (Å²) in [7, 11) is 0. The number of amides is 1. The van der Waals surface area contributed by atoms with Crippen molar-refractivity contribution in [1.29, 1.82) is 0 Å². The number of aromatic amines is 1. The Bertz CT molecular complexity index is 1430. The summed E-state index contributed by atoms with van der Waals surface area (Å²) in [6, 6.07) is 11.7. The lowest BCUT2D eigenvalue weighted by molar-refractivity contribution is -0.114. The van der Waals surface area contributed by atoms with Gasteiger partial charge in [-0.15, -0.1) is 0 Å². The van der Waals surface area contributed by atoms with Crippen LogP contribution in [0.25, 0.3) is 11.8 Å². The predicted molar refractivity (Wildman–Crippen MR) is 124 cm³/mol. The highest BCUT2D eigenvalue weighted by molar-refractivity contribution is 6.32. The lowest BCUT2D eigenvalue weighted by Crippen LogP contribution is -2.30. The van der Waals surface area contributed by atoms with E-state index in [2.05, 4.69) is 10.1 Å². The number of carbonyl (C=O) groups excluding carboxylic acids is 1. The fourth-order valence-electron chi connectivity index (χ4n) is 3.36. The number of hydrogen-bond acceptors (Lipinski definition) is 5. The molecular formula is C23H19ClN4O4. The summed E-state index contributed by atoms with van der Waals surface area (Å²) in [6.07, 6.45) is 1.24. The Labute approximate surface area is 187 Å². The first-order chi connectivity index (χ1) is 15.2. The number of aromatic hydroxyl groups is 1. The van der Waals surface area contributed by atoms with E-state index < -0.39 is 23.0 Å². The summed E-state index contributed by atoms with van der Waals surface area (Å²) in [5, 5.41) is 16.8. The number of nitrogens with zero attached hydrogens (tertiary/aromatic N) is 3. The maximum atomic E-state index is 13.1. The molecule has 1 aliphatic heterocycles. The average molecular weight is 451 g/mol. The van der Waals surface area contributed by atoms with E-state index >= 15 is 0 Å². The monoisotopic (exact) mass is 450 g/mol. The third-order valence-electron chi connectivity index (χ3n) is 5.29. The van der Waals surface area contributed by atoms with Crippen molar-refractivity contribution >= 4 is 35.0 Å². The van der Waals surface area contributed by atoms with Gasteiger partial charge in [-0.2, -0.15) is 10.1 Å². The van der Waals surface area contributed by atoms with Gasteiger partial charge in [-0.25, -0.2) is 9.36 Å². The van der Waals surface area contributed by atoms with Crippen LogP contribution >= 0.6 is 11.6 Å². The number of benzene rings is 2. The molecule has 2 aromatic carbocycles. The van der Waals surface area contributed by atoms with Gasteiger partial charge < -0.3 is 5.11 Å². The van der Waals surface area contributed by atoms with E-state index in [4.69, 9.17) is 11.6 Å². The third kappa shape index (κ3) is 3.65. The second-order valence-electron chi connectivity index (χ2n) is 7.44. The predicted octanol–water partition coefficient (Wildman–Crippen LogP) is 3.31. The Morgan fingerprint density at radius 2 is 1.62 bits per heavy atom. The van der Waals surface area contributed by atoms with Gasteiger partial charge in [0.1, 0.15) is 5.56 Å². The summed E-state index contributed by atoms with van der Waals surface area (Å²) in [5.74, 6) is -1.05. The van der Waals surface area contributed by atoms with E-state index in [1.165, 1.54) is 23.2 Å². The Hall–Kier alpha value is -3.91. The maximum Gasteiger partial charge on any atom is 0.335 e. The number of halogens is 1. The molecule has 0 fully saturated rings. The number of aryl methyl sites for hydroxylation is 2. The standard InChI is InChI=1S/C23H19ClN4O4/c1-12-4-7-17(10-13(12)2)28-22(31)18(14(3)26-28)11-19-20(29)25-23(32)27(21(19)30)16-8-5-15(24)6-9-16/h4-11,30H,1-3H3,(H,25,29,32)/b18-11-. The van der Waals surface area contributed by atoms with Crippen LogP contribution < -0.4 is 16.3 Å². The molecule has 2 N–H and O–H groups in total. The van der Waals surface area contributed by atoms with E-state index in [1.54, 1.807) is 25.1 Å². The van der Waals surface area contributed by atoms with Gasteiger partial charge in [-0.3, -0.25) is 14.6 Å². The second-order valence-corrected chi connectivity index (χ2v) is 7.87. The van der Waals surface area contributed by atoms with Crippen LogP contribution in [-0.2, 0) is 4.79 Å². The molecule has 162 valence electrons. The van der Waals surface area contributed by atoms with Crippen LogP contribution in [0.4, 0.5) is 5.69 Å². The fraction of sp³-hybridized carbons (Fsp3) is 0.130. The van der Waals surface area contributed by atoms with Crippen molar-refractivity contribution in [1.82, 2.24) is 9.55 Å². The smallest absolute Gasteiger partial charge is 0.335 e. The first-order valence-corrected chi connectivity index (χ1v) is 10.1. The molecule has 1 amide bonds. The van der Waals surface area contributed by atoms with Gasteiger partial charge in [-0.05, 0) is 74.4 Å². The van der Waals surface area contributed by atoms with Gasteiger partial charge in [0.2, 0.25) is 5.88 Å². The molecule has 4 rings (SSSR count). The summed E-state index contributed by atoms with van der Waals surface area (Å²) < 4.78 is 0.928. The van der Waals surface area contributed by atoms with Crippen molar-refractivity contribution in [2.45, 2.75) is 20.8 Å². The molecule has 1 aliphatic rings. The van der Waals surface area contributed by atoms with Crippen LogP contribution in [-0.4, -0.2) is 26.3 Å². The molecule has 0 aliphatic carbocycles. The topological polar surface area (TPSA) is 108 Å². The Morgan fingerprint density at radius 1 is 0.969 bits per heavy atom. The number of aromatic nitrogens is 2. The van der Waals surface area contributed by atoms with Gasteiger partial charge in [0.05, 0.1) is 22.7 Å². The van der Waals surface area contributed by atoms with Crippen molar-refractivity contribution in [2.75, 3.05) is 5.01 Å². The van der Waals surface area contributed by atoms with E-state index in [-0.39, 0.29) is 11.1 Å². The molecule has 0 bridgehead atoms. The van der Waals surface area contributed by atoms with E-state index in [9.17, 15) is 19.5 Å². The van der Waals surface area contributed by atoms with Crippen LogP contribution in [0.3, 0.4) is 0 Å². The minimum absolute atomic E-state index is 0.130. The molecule has 9 heteroatoms. The van der Waals surface area contributed by atoms with E-state index in [0.717, 1.165) is 15.7 Å². The summed E-state index contributed by atoms with van der Waals surface area (Å²) in [5.41, 5.74) is 1.59. The van der Waals surface area contributed by atoms with Crippen LogP contribution in [0, 0.1) is 13.8 Å². The molecule has 3 aromatic rings. The lowest BCUT2D eigenvalue weighted by atomic mass is 10.1. The van der Waals surface area contributed by atoms with E-state index in [0.29, 0.717) is 22.1 Å². The highest BCUT2D eigenvalue weighted by atomic mass is 35.5. The highest BCUT2D eigenvalue weighted by Crippen LogP contribution is 2.28. The SMILES string of the molecule is CC1=NN(c2ccc(C)c(C)c2)C(=O)/C1=C\c1c(O)n(-c2ccc(Cl)cc2)c(=O)[nH]c1=O. The fourth-order valence-corrected chi connectivity index (χ4v) is 3.49. The molecule has 0 spiro atoms. The molecule has 0 atom stereocenters. The first-order valence-electron chi connectivity index (χ1n) is 9.70. The molecule has 0 radical (unpaired) electrons. The minimum Gasteiger partial charge on any atom is -0.494 e. The Morgan fingerprint density at radius 3 is 2.28 bits per heavy atom. The zero-order valence-corrected chi connectivity index (χ0v) is 18.3. The minimum atomic E-state index is -0.824. The van der Waals surface area contributed by atoms with Gasteiger partial charge >= 0.3 is 5.69 Å². The number of anilines is 1. The third-order valence-corrected chi connectivity index (χ3v) is 5.54. The van der Waals surface area contributed by atoms with Crippen molar-refractivity contribution in [3.63, 3.8) is 0 Å². The first kappa shape index (κ1) is 21.3. The second kappa shape index (κ2) is 7.97. The molecule has 0 saturated carbocycles. The molecule has 0 saturated heterocycles. The summed E-state index contributed by atoms with van der Waals surface area (Å²) >= 11 is 5.89. The number of H-pyrrole nitrogens is 1. The average Bonchev–Trinajstić information content (AvgIpc) is 3.02. The number of rotatable bonds is 3. The van der Waals surface area contributed by atoms with Crippen molar-refractivity contribution in [3.05, 3.63) is 90.6 Å². The lowest BCUT2D eigenvalue weighted by Gasteiger charge is -2.13. The van der Waals surface area contributed by atoms with Crippen LogP contribution in [0.2, 0.25) is 5.02 Å². The van der Waals surface area contributed by atoms with Crippen molar-refractivity contribution in [3.8, 4) is 11.6 Å². The quantitative estimate of drug-likeness (QED) is 0.597.